The number of benzene rings is 1. The second kappa shape index (κ2) is 3.31. The van der Waals surface area contributed by atoms with Gasteiger partial charge < -0.3 is 5.32 Å². The normalized spacial score (nSPS) is 15.1. The van der Waals surface area contributed by atoms with E-state index in [4.69, 9.17) is 11.6 Å². The molecule has 0 fully saturated rings. The summed E-state index contributed by atoms with van der Waals surface area (Å²) in [5.41, 5.74) is 1.97. The summed E-state index contributed by atoms with van der Waals surface area (Å²) in [6, 6.07) is 3.73. The van der Waals surface area contributed by atoms with Crippen LogP contribution in [-0.2, 0) is 11.2 Å². The molecule has 0 unspecified atom stereocenters. The molecule has 1 aliphatic heterocycles. The van der Waals surface area contributed by atoms with E-state index in [0.29, 0.717) is 11.4 Å². The van der Waals surface area contributed by atoms with Gasteiger partial charge in [-0.05, 0) is 40.0 Å². The molecule has 0 spiro atoms. The number of anilines is 1. The summed E-state index contributed by atoms with van der Waals surface area (Å²) in [5, 5.41) is 3.49. The van der Waals surface area contributed by atoms with Gasteiger partial charge in [-0.3, -0.25) is 4.79 Å². The number of fused-ring (bicyclic) bond motifs is 1. The second-order valence-electron chi connectivity index (χ2n) is 2.97. The molecule has 0 aliphatic carbocycles. The first-order valence-electron chi connectivity index (χ1n) is 3.94. The first kappa shape index (κ1) is 9.03. The molecule has 68 valence electrons. The molecule has 0 aromatic heterocycles. The SMILES string of the molecule is O=C1CCc2cc(Cl)c(Br)cc2N1. The van der Waals surface area contributed by atoms with Gasteiger partial charge in [0.2, 0.25) is 5.91 Å². The average Bonchev–Trinajstić information content (AvgIpc) is 2.08. The maximum absolute atomic E-state index is 11.1. The standard InChI is InChI=1S/C9H7BrClNO/c10-6-4-8-5(3-7(6)11)1-2-9(13)12-8/h3-4H,1-2H2,(H,12,13). The van der Waals surface area contributed by atoms with E-state index in [1.165, 1.54) is 0 Å². The van der Waals surface area contributed by atoms with Crippen molar-refractivity contribution < 1.29 is 4.79 Å². The highest BCUT2D eigenvalue weighted by atomic mass is 79.9. The van der Waals surface area contributed by atoms with Gasteiger partial charge in [0.05, 0.1) is 5.02 Å². The second-order valence-corrected chi connectivity index (χ2v) is 4.23. The van der Waals surface area contributed by atoms with Crippen LogP contribution in [0.3, 0.4) is 0 Å². The minimum Gasteiger partial charge on any atom is -0.326 e. The molecule has 1 aromatic rings. The maximum Gasteiger partial charge on any atom is 0.224 e. The van der Waals surface area contributed by atoms with Crippen molar-refractivity contribution in [1.82, 2.24) is 0 Å². The number of nitrogens with one attached hydrogen (secondary N) is 1. The van der Waals surface area contributed by atoms with Gasteiger partial charge in [0.1, 0.15) is 0 Å². The molecule has 0 atom stereocenters. The Bertz CT molecular complexity index is 378. The topological polar surface area (TPSA) is 29.1 Å². The number of carbonyl (C=O) groups excluding carboxylic acids is 1. The molecule has 0 radical (unpaired) electrons. The van der Waals surface area contributed by atoms with E-state index >= 15 is 0 Å². The fourth-order valence-electron chi connectivity index (χ4n) is 1.37. The number of halogens is 2. The van der Waals surface area contributed by atoms with E-state index in [9.17, 15) is 4.79 Å². The Hall–Kier alpha value is -0.540. The highest BCUT2D eigenvalue weighted by Gasteiger charge is 2.15. The van der Waals surface area contributed by atoms with Crippen molar-refractivity contribution in [2.75, 3.05) is 5.32 Å². The molecule has 1 amide bonds. The minimum atomic E-state index is 0.0710. The quantitative estimate of drug-likeness (QED) is 0.763. The zero-order valence-corrected chi connectivity index (χ0v) is 9.08. The molecule has 0 saturated heterocycles. The van der Waals surface area contributed by atoms with Crippen molar-refractivity contribution in [2.24, 2.45) is 0 Å². The number of amides is 1. The number of carbonyl (C=O) groups is 1. The Labute approximate surface area is 89.4 Å². The Morgan fingerprint density at radius 3 is 2.92 bits per heavy atom. The lowest BCUT2D eigenvalue weighted by molar-refractivity contribution is -0.116. The number of rotatable bonds is 0. The van der Waals surface area contributed by atoms with E-state index < -0.39 is 0 Å². The molecule has 1 N–H and O–H groups in total. The molecule has 0 bridgehead atoms. The Morgan fingerprint density at radius 2 is 2.15 bits per heavy atom. The largest absolute Gasteiger partial charge is 0.326 e. The van der Waals surface area contributed by atoms with Gasteiger partial charge in [0.25, 0.3) is 0 Å². The summed E-state index contributed by atoms with van der Waals surface area (Å²) < 4.78 is 0.815. The molecule has 4 heteroatoms. The Balaban J connectivity index is 2.49. The van der Waals surface area contributed by atoms with E-state index in [1.54, 1.807) is 0 Å². The van der Waals surface area contributed by atoms with Crippen molar-refractivity contribution in [3.63, 3.8) is 0 Å². The van der Waals surface area contributed by atoms with Crippen LogP contribution >= 0.6 is 27.5 Å². The van der Waals surface area contributed by atoms with Crippen LogP contribution in [0.4, 0.5) is 5.69 Å². The number of hydrogen-bond acceptors (Lipinski definition) is 1. The lowest BCUT2D eigenvalue weighted by Crippen LogP contribution is -2.18. The van der Waals surface area contributed by atoms with Crippen LogP contribution < -0.4 is 5.32 Å². The summed E-state index contributed by atoms with van der Waals surface area (Å²) in [6.07, 6.45) is 1.32. The fraction of sp³-hybridized carbons (Fsp3) is 0.222. The van der Waals surface area contributed by atoms with E-state index in [1.807, 2.05) is 12.1 Å². The summed E-state index contributed by atoms with van der Waals surface area (Å²) in [7, 11) is 0. The first-order chi connectivity index (χ1) is 6.16. The van der Waals surface area contributed by atoms with E-state index in [2.05, 4.69) is 21.2 Å². The minimum absolute atomic E-state index is 0.0710. The summed E-state index contributed by atoms with van der Waals surface area (Å²) in [6.45, 7) is 0. The molecule has 0 saturated carbocycles. The third-order valence-corrected chi connectivity index (χ3v) is 3.24. The van der Waals surface area contributed by atoms with Gasteiger partial charge in [0, 0.05) is 16.6 Å². The lowest BCUT2D eigenvalue weighted by Gasteiger charge is -2.17. The molecule has 13 heavy (non-hydrogen) atoms. The van der Waals surface area contributed by atoms with Crippen LogP contribution in [0.15, 0.2) is 16.6 Å². The molecular weight excluding hydrogens is 253 g/mol. The molecule has 1 heterocycles. The van der Waals surface area contributed by atoms with Gasteiger partial charge >= 0.3 is 0 Å². The van der Waals surface area contributed by atoms with Crippen molar-refractivity contribution in [3.05, 3.63) is 27.2 Å². The van der Waals surface area contributed by atoms with Gasteiger partial charge in [0.15, 0.2) is 0 Å². The predicted octanol–water partition coefficient (Wildman–Crippen LogP) is 2.99. The average molecular weight is 261 g/mol. The summed E-state index contributed by atoms with van der Waals surface area (Å²) in [5.74, 6) is 0.0710. The molecule has 1 aliphatic rings. The van der Waals surface area contributed by atoms with Crippen molar-refractivity contribution in [1.29, 1.82) is 0 Å². The number of aryl methyl sites for hydroxylation is 1. The smallest absolute Gasteiger partial charge is 0.224 e. The monoisotopic (exact) mass is 259 g/mol. The predicted molar refractivity (Wildman–Crippen MR) is 56.1 cm³/mol. The highest BCUT2D eigenvalue weighted by Crippen LogP contribution is 2.32. The van der Waals surface area contributed by atoms with Crippen LogP contribution in [0.25, 0.3) is 0 Å². The first-order valence-corrected chi connectivity index (χ1v) is 5.11. The summed E-state index contributed by atoms with van der Waals surface area (Å²) >= 11 is 9.23. The van der Waals surface area contributed by atoms with Crippen LogP contribution in [-0.4, -0.2) is 5.91 Å². The van der Waals surface area contributed by atoms with Crippen LogP contribution in [0, 0.1) is 0 Å². The number of hydrogen-bond donors (Lipinski definition) is 1. The van der Waals surface area contributed by atoms with Crippen LogP contribution in [0.1, 0.15) is 12.0 Å². The van der Waals surface area contributed by atoms with Gasteiger partial charge in [-0.15, -0.1) is 0 Å². The van der Waals surface area contributed by atoms with E-state index in [0.717, 1.165) is 22.1 Å². The third kappa shape index (κ3) is 1.71. The zero-order chi connectivity index (χ0) is 9.42. The van der Waals surface area contributed by atoms with Gasteiger partial charge in [-0.1, -0.05) is 11.6 Å². The van der Waals surface area contributed by atoms with Gasteiger partial charge in [-0.25, -0.2) is 0 Å². The molecular formula is C9H7BrClNO. The fourth-order valence-corrected chi connectivity index (χ4v) is 1.90. The highest BCUT2D eigenvalue weighted by molar-refractivity contribution is 9.10. The van der Waals surface area contributed by atoms with Crippen molar-refractivity contribution >= 4 is 39.1 Å². The molecule has 2 nitrogen and oxygen atoms in total. The summed E-state index contributed by atoms with van der Waals surface area (Å²) in [4.78, 5) is 11.1. The molecule has 2 rings (SSSR count). The van der Waals surface area contributed by atoms with Crippen LogP contribution in [0.2, 0.25) is 5.02 Å². The van der Waals surface area contributed by atoms with E-state index in [-0.39, 0.29) is 5.91 Å². The van der Waals surface area contributed by atoms with Crippen molar-refractivity contribution in [3.8, 4) is 0 Å². The Morgan fingerprint density at radius 1 is 1.38 bits per heavy atom. The maximum atomic E-state index is 11.1. The zero-order valence-electron chi connectivity index (χ0n) is 6.73. The third-order valence-electron chi connectivity index (χ3n) is 2.04. The van der Waals surface area contributed by atoms with Crippen molar-refractivity contribution in [2.45, 2.75) is 12.8 Å². The molecule has 1 aromatic carbocycles. The van der Waals surface area contributed by atoms with Gasteiger partial charge in [-0.2, -0.15) is 0 Å². The van der Waals surface area contributed by atoms with Crippen LogP contribution in [0.5, 0.6) is 0 Å². The Kier molecular flexibility index (Phi) is 2.30. The lowest BCUT2D eigenvalue weighted by atomic mass is 10.0.